The number of pyridine rings is 1. The molecule has 0 saturated heterocycles. The number of aromatic nitrogens is 4. The summed E-state index contributed by atoms with van der Waals surface area (Å²) in [4.78, 5) is 18.6. The predicted octanol–water partition coefficient (Wildman–Crippen LogP) is 1.72. The normalized spacial score (nSPS) is 10.7. The van der Waals surface area contributed by atoms with Crippen LogP contribution in [0.3, 0.4) is 0 Å². The minimum Gasteiger partial charge on any atom is -0.484 e. The van der Waals surface area contributed by atoms with Crippen molar-refractivity contribution in [1.82, 2.24) is 19.7 Å². The van der Waals surface area contributed by atoms with Crippen LogP contribution in [-0.2, 0) is 13.2 Å². The molecule has 0 radical (unpaired) electrons. The molecule has 6 nitrogen and oxygen atoms in total. The second-order valence-corrected chi connectivity index (χ2v) is 4.58. The van der Waals surface area contributed by atoms with Crippen LogP contribution in [0.5, 0.6) is 5.75 Å². The number of ether oxygens (including phenoxy) is 1. The maximum Gasteiger partial charge on any atom is 0.168 e. The Morgan fingerprint density at radius 2 is 2.21 bits per heavy atom. The molecule has 0 bridgehead atoms. The van der Waals surface area contributed by atoms with E-state index in [0.717, 1.165) is 12.4 Å². The summed E-state index contributed by atoms with van der Waals surface area (Å²) in [6, 6.07) is 3.32. The standard InChI is InChI=1S/C13H16N4O2/c1-10(2)6-17-13(15-9-16-17)8-19-12-4-3-11(7-18)14-5-12/h3-5,7,9-10H,6,8H2,1-2H3. The quantitative estimate of drug-likeness (QED) is 0.740. The van der Waals surface area contributed by atoms with Crippen LogP contribution in [0.4, 0.5) is 0 Å². The molecule has 0 amide bonds. The molecule has 0 N–H and O–H groups in total. The van der Waals surface area contributed by atoms with Gasteiger partial charge < -0.3 is 4.74 Å². The number of hydrogen-bond acceptors (Lipinski definition) is 5. The van der Waals surface area contributed by atoms with Crippen LogP contribution in [0.2, 0.25) is 0 Å². The van der Waals surface area contributed by atoms with Gasteiger partial charge in [0.1, 0.15) is 24.4 Å². The fourth-order valence-corrected chi connectivity index (χ4v) is 1.59. The summed E-state index contributed by atoms with van der Waals surface area (Å²) in [5.74, 6) is 1.87. The first-order valence-corrected chi connectivity index (χ1v) is 6.09. The molecule has 2 aromatic heterocycles. The van der Waals surface area contributed by atoms with Gasteiger partial charge in [0.15, 0.2) is 12.1 Å². The molecule has 0 saturated carbocycles. The van der Waals surface area contributed by atoms with Crippen molar-refractivity contribution in [3.05, 3.63) is 36.2 Å². The first-order chi connectivity index (χ1) is 9.19. The lowest BCUT2D eigenvalue weighted by Gasteiger charge is -2.09. The fourth-order valence-electron chi connectivity index (χ4n) is 1.59. The highest BCUT2D eigenvalue weighted by Gasteiger charge is 2.07. The van der Waals surface area contributed by atoms with E-state index < -0.39 is 0 Å². The van der Waals surface area contributed by atoms with Gasteiger partial charge in [-0.2, -0.15) is 5.10 Å². The number of aldehydes is 1. The Hall–Kier alpha value is -2.24. The van der Waals surface area contributed by atoms with Crippen LogP contribution in [-0.4, -0.2) is 26.0 Å². The van der Waals surface area contributed by atoms with E-state index in [4.69, 9.17) is 4.74 Å². The van der Waals surface area contributed by atoms with E-state index in [1.165, 1.54) is 12.5 Å². The lowest BCUT2D eigenvalue weighted by molar-refractivity contribution is 0.111. The summed E-state index contributed by atoms with van der Waals surface area (Å²) in [5, 5.41) is 4.16. The number of rotatable bonds is 6. The Morgan fingerprint density at radius 1 is 1.37 bits per heavy atom. The molecule has 0 aliphatic rings. The molecule has 2 aromatic rings. The first-order valence-electron chi connectivity index (χ1n) is 6.09. The Morgan fingerprint density at radius 3 is 2.84 bits per heavy atom. The second-order valence-electron chi connectivity index (χ2n) is 4.58. The van der Waals surface area contributed by atoms with Crippen LogP contribution >= 0.6 is 0 Å². The molecule has 0 aliphatic heterocycles. The maximum atomic E-state index is 10.5. The van der Waals surface area contributed by atoms with E-state index in [-0.39, 0.29) is 0 Å². The van der Waals surface area contributed by atoms with Crippen LogP contribution in [0.1, 0.15) is 30.2 Å². The minimum atomic E-state index is 0.328. The van der Waals surface area contributed by atoms with E-state index in [0.29, 0.717) is 30.3 Å². The molecule has 0 aromatic carbocycles. The molecular formula is C13H16N4O2. The van der Waals surface area contributed by atoms with E-state index in [9.17, 15) is 4.79 Å². The number of hydrogen-bond donors (Lipinski definition) is 0. The molecule has 2 heterocycles. The van der Waals surface area contributed by atoms with Gasteiger partial charge >= 0.3 is 0 Å². The molecule has 0 fully saturated rings. The fraction of sp³-hybridized carbons (Fsp3) is 0.385. The summed E-state index contributed by atoms with van der Waals surface area (Å²) in [7, 11) is 0. The molecule has 0 spiro atoms. The minimum absolute atomic E-state index is 0.328. The molecule has 100 valence electrons. The molecule has 2 rings (SSSR count). The van der Waals surface area contributed by atoms with Crippen molar-refractivity contribution in [1.29, 1.82) is 0 Å². The highest BCUT2D eigenvalue weighted by atomic mass is 16.5. The van der Waals surface area contributed by atoms with Gasteiger partial charge in [-0.1, -0.05) is 13.8 Å². The van der Waals surface area contributed by atoms with E-state index in [1.807, 2.05) is 4.68 Å². The summed E-state index contributed by atoms with van der Waals surface area (Å²) in [6.07, 6.45) is 3.74. The lowest BCUT2D eigenvalue weighted by Crippen LogP contribution is -2.12. The van der Waals surface area contributed by atoms with Gasteiger partial charge in [-0.3, -0.25) is 4.79 Å². The zero-order chi connectivity index (χ0) is 13.7. The largest absolute Gasteiger partial charge is 0.484 e. The van der Waals surface area contributed by atoms with Gasteiger partial charge in [0, 0.05) is 6.54 Å². The summed E-state index contributed by atoms with van der Waals surface area (Å²) in [5.41, 5.74) is 0.385. The third-order valence-corrected chi connectivity index (χ3v) is 2.48. The van der Waals surface area contributed by atoms with Gasteiger partial charge in [0.25, 0.3) is 0 Å². The van der Waals surface area contributed by atoms with E-state index in [2.05, 4.69) is 28.9 Å². The number of carbonyl (C=O) groups is 1. The van der Waals surface area contributed by atoms with Crippen molar-refractivity contribution in [2.24, 2.45) is 5.92 Å². The highest BCUT2D eigenvalue weighted by Crippen LogP contribution is 2.11. The average Bonchev–Trinajstić information content (AvgIpc) is 2.83. The van der Waals surface area contributed by atoms with Crippen molar-refractivity contribution >= 4 is 6.29 Å². The van der Waals surface area contributed by atoms with Gasteiger partial charge in [0.05, 0.1) is 6.20 Å². The average molecular weight is 260 g/mol. The Kier molecular flexibility index (Phi) is 4.22. The molecular weight excluding hydrogens is 244 g/mol. The molecule has 6 heteroatoms. The summed E-state index contributed by atoms with van der Waals surface area (Å²) in [6.45, 7) is 5.37. The Balaban J connectivity index is 1.97. The van der Waals surface area contributed by atoms with Gasteiger partial charge in [-0.15, -0.1) is 0 Å². The molecule has 0 aliphatic carbocycles. The smallest absolute Gasteiger partial charge is 0.168 e. The lowest BCUT2D eigenvalue weighted by atomic mass is 10.2. The second kappa shape index (κ2) is 6.08. The van der Waals surface area contributed by atoms with Crippen LogP contribution in [0.25, 0.3) is 0 Å². The monoisotopic (exact) mass is 260 g/mol. The van der Waals surface area contributed by atoms with Crippen molar-refractivity contribution in [2.45, 2.75) is 27.0 Å². The SMILES string of the molecule is CC(C)Cn1ncnc1COc1ccc(C=O)nc1. The Labute approximate surface area is 111 Å². The predicted molar refractivity (Wildman–Crippen MR) is 68.8 cm³/mol. The molecule has 0 unspecified atom stereocenters. The van der Waals surface area contributed by atoms with Crippen molar-refractivity contribution in [3.8, 4) is 5.75 Å². The summed E-state index contributed by atoms with van der Waals surface area (Å²) < 4.78 is 7.40. The highest BCUT2D eigenvalue weighted by molar-refractivity contribution is 5.71. The van der Waals surface area contributed by atoms with E-state index >= 15 is 0 Å². The van der Waals surface area contributed by atoms with Gasteiger partial charge in [-0.25, -0.2) is 14.6 Å². The molecule has 19 heavy (non-hydrogen) atoms. The number of nitrogens with zero attached hydrogens (tertiary/aromatic N) is 4. The van der Waals surface area contributed by atoms with Crippen molar-refractivity contribution in [3.63, 3.8) is 0 Å². The topological polar surface area (TPSA) is 69.9 Å². The van der Waals surface area contributed by atoms with Crippen LogP contribution in [0, 0.1) is 5.92 Å². The maximum absolute atomic E-state index is 10.5. The van der Waals surface area contributed by atoms with E-state index in [1.54, 1.807) is 12.1 Å². The first kappa shape index (κ1) is 13.2. The molecule has 0 atom stereocenters. The zero-order valence-corrected chi connectivity index (χ0v) is 11.0. The zero-order valence-electron chi connectivity index (χ0n) is 11.0. The summed E-state index contributed by atoms with van der Waals surface area (Å²) >= 11 is 0. The Bertz CT molecular complexity index is 534. The van der Waals surface area contributed by atoms with Crippen LogP contribution in [0.15, 0.2) is 24.7 Å². The van der Waals surface area contributed by atoms with Crippen molar-refractivity contribution in [2.75, 3.05) is 0 Å². The van der Waals surface area contributed by atoms with Crippen LogP contribution < -0.4 is 4.74 Å². The van der Waals surface area contributed by atoms with Gasteiger partial charge in [0.2, 0.25) is 0 Å². The third kappa shape index (κ3) is 3.61. The van der Waals surface area contributed by atoms with Crippen molar-refractivity contribution < 1.29 is 9.53 Å². The third-order valence-electron chi connectivity index (χ3n) is 2.48. The van der Waals surface area contributed by atoms with Gasteiger partial charge in [-0.05, 0) is 18.1 Å². The number of carbonyl (C=O) groups excluding carboxylic acids is 1.